The van der Waals surface area contributed by atoms with Crippen molar-refractivity contribution in [1.82, 2.24) is 20.1 Å². The maximum atomic E-state index is 13.3. The molecule has 1 atom stereocenters. The van der Waals surface area contributed by atoms with Crippen molar-refractivity contribution in [2.75, 3.05) is 44.2 Å². The Morgan fingerprint density at radius 1 is 0.976 bits per heavy atom. The molecule has 1 aliphatic carbocycles. The second-order valence-electron chi connectivity index (χ2n) is 13.7. The Balaban J connectivity index is 0.871. The smallest absolute Gasteiger partial charge is 0.255 e. The molecule has 1 aromatic heterocycles. The molecule has 1 saturated carbocycles. The highest BCUT2D eigenvalue weighted by Crippen LogP contribution is 2.50. The zero-order valence-corrected chi connectivity index (χ0v) is 24.1. The van der Waals surface area contributed by atoms with Gasteiger partial charge in [-0.3, -0.25) is 19.7 Å². The lowest BCUT2D eigenvalue weighted by Crippen LogP contribution is -2.58. The van der Waals surface area contributed by atoms with Crippen molar-refractivity contribution in [2.24, 2.45) is 11.3 Å². The fraction of sp³-hybridized carbons (Fsp3) is 0.576. The van der Waals surface area contributed by atoms with Gasteiger partial charge in [0.15, 0.2) is 0 Å². The molecule has 2 aromatic rings. The van der Waals surface area contributed by atoms with Crippen LogP contribution in [-0.4, -0.2) is 77.9 Å². The summed E-state index contributed by atoms with van der Waals surface area (Å²) in [6.07, 6.45) is 9.98. The topological polar surface area (TPSA) is 95.1 Å². The zero-order valence-electron chi connectivity index (χ0n) is 24.1. The number of ether oxygens (including phenoxy) is 1. The average molecular weight is 570 g/mol. The molecule has 220 valence electrons. The van der Waals surface area contributed by atoms with Crippen LogP contribution in [0.5, 0.6) is 5.75 Å². The molecule has 0 radical (unpaired) electrons. The number of rotatable bonds is 4. The molecule has 9 nitrogen and oxygen atoms in total. The maximum Gasteiger partial charge on any atom is 0.255 e. The van der Waals surface area contributed by atoms with Crippen LogP contribution in [0.4, 0.5) is 5.82 Å². The molecule has 3 saturated heterocycles. The first-order valence-electron chi connectivity index (χ1n) is 15.7. The summed E-state index contributed by atoms with van der Waals surface area (Å²) in [6, 6.07) is 9.63. The molecule has 42 heavy (non-hydrogen) atoms. The third-order valence-corrected chi connectivity index (χ3v) is 11.3. The Kier molecular flexibility index (Phi) is 6.11. The lowest BCUT2D eigenvalue weighted by atomic mass is 9.65. The van der Waals surface area contributed by atoms with Gasteiger partial charge in [-0.05, 0) is 82.2 Å². The van der Waals surface area contributed by atoms with Crippen LogP contribution < -0.4 is 15.0 Å². The minimum absolute atomic E-state index is 0.00342. The van der Waals surface area contributed by atoms with Gasteiger partial charge >= 0.3 is 0 Å². The first-order chi connectivity index (χ1) is 20.4. The summed E-state index contributed by atoms with van der Waals surface area (Å²) in [4.78, 5) is 48.6. The lowest BCUT2D eigenvalue weighted by molar-refractivity contribution is -0.136. The minimum atomic E-state index is -0.601. The van der Waals surface area contributed by atoms with Gasteiger partial charge in [0.05, 0.1) is 13.2 Å². The monoisotopic (exact) mass is 569 g/mol. The van der Waals surface area contributed by atoms with Crippen molar-refractivity contribution in [2.45, 2.75) is 69.4 Å². The first kappa shape index (κ1) is 26.2. The zero-order chi connectivity index (χ0) is 28.5. The van der Waals surface area contributed by atoms with Gasteiger partial charge in [-0.2, -0.15) is 0 Å². The fourth-order valence-corrected chi connectivity index (χ4v) is 8.68. The van der Waals surface area contributed by atoms with Gasteiger partial charge in [-0.15, -0.1) is 0 Å². The molecule has 6 aliphatic rings. The normalized spacial score (nSPS) is 26.7. The predicted molar refractivity (Wildman–Crippen MR) is 156 cm³/mol. The number of amides is 3. The fourth-order valence-electron chi connectivity index (χ4n) is 8.68. The summed E-state index contributed by atoms with van der Waals surface area (Å²) in [6.45, 7) is 6.70. The predicted octanol–water partition coefficient (Wildman–Crippen LogP) is 3.27. The van der Waals surface area contributed by atoms with Crippen LogP contribution >= 0.6 is 0 Å². The summed E-state index contributed by atoms with van der Waals surface area (Å²) in [5, 5.41) is 2.39. The maximum absolute atomic E-state index is 13.3. The lowest BCUT2D eigenvalue weighted by Gasteiger charge is -2.54. The van der Waals surface area contributed by atoms with Crippen LogP contribution in [0.1, 0.15) is 72.9 Å². The van der Waals surface area contributed by atoms with E-state index in [1.165, 1.54) is 37.8 Å². The number of hydrogen-bond donors (Lipinski definition) is 1. The van der Waals surface area contributed by atoms with E-state index >= 15 is 0 Å². The molecule has 1 unspecified atom stereocenters. The Bertz CT molecular complexity index is 1420. The van der Waals surface area contributed by atoms with E-state index in [4.69, 9.17) is 4.74 Å². The van der Waals surface area contributed by atoms with Crippen LogP contribution in [0.15, 0.2) is 36.5 Å². The molecular weight excluding hydrogens is 530 g/mol. The van der Waals surface area contributed by atoms with Gasteiger partial charge in [0, 0.05) is 59.8 Å². The van der Waals surface area contributed by atoms with Crippen molar-refractivity contribution in [3.05, 3.63) is 53.2 Å². The summed E-state index contributed by atoms with van der Waals surface area (Å²) < 4.78 is 6.37. The standard InChI is InChI=1S/C33H39N5O4/c39-28-7-6-26(30(40)35-28)38-18-24-23(31(38)41)4-5-25-29(24)42-21-33(25)12-15-36(16-13-33)17-22-8-10-32(11-9-22)19-37(20-32)27-3-1-2-14-34-27/h1-5,14,22,26H,6-13,15-21H2,(H,35,39,40). The number of nitrogens with one attached hydrogen (secondary N) is 1. The van der Waals surface area contributed by atoms with E-state index in [0.29, 0.717) is 30.6 Å². The van der Waals surface area contributed by atoms with Crippen molar-refractivity contribution in [1.29, 1.82) is 0 Å². The van der Waals surface area contributed by atoms with Crippen molar-refractivity contribution in [3.8, 4) is 5.75 Å². The van der Waals surface area contributed by atoms with E-state index in [-0.39, 0.29) is 29.6 Å². The van der Waals surface area contributed by atoms with Crippen LogP contribution in [0, 0.1) is 11.3 Å². The number of nitrogens with zero attached hydrogens (tertiary/aromatic N) is 4. The molecule has 1 aromatic carbocycles. The van der Waals surface area contributed by atoms with Crippen LogP contribution in [0.25, 0.3) is 0 Å². The van der Waals surface area contributed by atoms with Crippen LogP contribution in [0.2, 0.25) is 0 Å². The summed E-state index contributed by atoms with van der Waals surface area (Å²) in [5.41, 5.74) is 3.29. The molecule has 5 aliphatic heterocycles. The van der Waals surface area contributed by atoms with E-state index < -0.39 is 6.04 Å². The number of hydrogen-bond acceptors (Lipinski definition) is 7. The quantitative estimate of drug-likeness (QED) is 0.565. The van der Waals surface area contributed by atoms with Crippen LogP contribution in [0.3, 0.4) is 0 Å². The number of carbonyl (C=O) groups is 3. The van der Waals surface area contributed by atoms with Gasteiger partial charge in [0.2, 0.25) is 11.8 Å². The number of pyridine rings is 1. The van der Waals surface area contributed by atoms with Crippen molar-refractivity contribution < 1.29 is 19.1 Å². The largest absolute Gasteiger partial charge is 0.492 e. The van der Waals surface area contributed by atoms with Gasteiger partial charge < -0.3 is 19.4 Å². The summed E-state index contributed by atoms with van der Waals surface area (Å²) >= 11 is 0. The van der Waals surface area contributed by atoms with Gasteiger partial charge in [0.1, 0.15) is 17.6 Å². The first-order valence-corrected chi connectivity index (χ1v) is 15.7. The molecule has 8 rings (SSSR count). The molecule has 0 bridgehead atoms. The highest BCUT2D eigenvalue weighted by molar-refractivity contribution is 6.05. The number of anilines is 1. The number of likely N-dealkylation sites (tertiary alicyclic amines) is 1. The molecule has 3 amide bonds. The average Bonchev–Trinajstić information content (AvgIpc) is 3.52. The van der Waals surface area contributed by atoms with Crippen molar-refractivity contribution >= 4 is 23.5 Å². The van der Waals surface area contributed by atoms with Gasteiger partial charge in [-0.1, -0.05) is 12.1 Å². The number of benzene rings is 1. The second-order valence-corrected chi connectivity index (χ2v) is 13.7. The van der Waals surface area contributed by atoms with E-state index in [1.807, 2.05) is 18.3 Å². The van der Waals surface area contributed by atoms with E-state index in [1.54, 1.807) is 4.90 Å². The van der Waals surface area contributed by atoms with Gasteiger partial charge in [-0.25, -0.2) is 4.98 Å². The van der Waals surface area contributed by atoms with E-state index in [2.05, 4.69) is 38.3 Å². The molecule has 9 heteroatoms. The third-order valence-electron chi connectivity index (χ3n) is 11.3. The van der Waals surface area contributed by atoms with E-state index in [9.17, 15) is 14.4 Å². The number of carbonyl (C=O) groups excluding carboxylic acids is 3. The van der Waals surface area contributed by atoms with Gasteiger partial charge in [0.25, 0.3) is 5.91 Å². The Hall–Kier alpha value is -3.46. The number of aromatic nitrogens is 1. The summed E-state index contributed by atoms with van der Waals surface area (Å²) in [7, 11) is 0. The highest BCUT2D eigenvalue weighted by atomic mass is 16.5. The van der Waals surface area contributed by atoms with Crippen LogP contribution in [-0.2, 0) is 21.5 Å². The SMILES string of the molecule is O=C1CCC(N2Cc3c(ccc4c3OCC43CCN(CC4CCC5(CC4)CN(c4ccccn4)C5)CC3)C2=O)C(=O)N1. The summed E-state index contributed by atoms with van der Waals surface area (Å²) in [5.74, 6) is 1.99. The number of piperidine rings is 2. The molecule has 4 fully saturated rings. The minimum Gasteiger partial charge on any atom is -0.492 e. The Labute approximate surface area is 246 Å². The molecular formula is C33H39N5O4. The Morgan fingerprint density at radius 3 is 2.52 bits per heavy atom. The van der Waals surface area contributed by atoms with Crippen molar-refractivity contribution in [3.63, 3.8) is 0 Å². The molecule has 1 N–H and O–H groups in total. The third kappa shape index (κ3) is 4.22. The van der Waals surface area contributed by atoms with E-state index in [0.717, 1.165) is 62.1 Å². The number of fused-ring (bicyclic) bond motifs is 4. The highest BCUT2D eigenvalue weighted by Gasteiger charge is 2.49. The molecule has 2 spiro atoms. The molecule has 6 heterocycles. The second kappa shape index (κ2) is 9.79. The Morgan fingerprint density at radius 2 is 1.79 bits per heavy atom. The number of imide groups is 1.